The Labute approximate surface area is 107 Å². The van der Waals surface area contributed by atoms with Gasteiger partial charge < -0.3 is 0 Å². The molecule has 0 aliphatic carbocycles. The Morgan fingerprint density at radius 1 is 1.44 bits per heavy atom. The molecule has 3 heteroatoms. The van der Waals surface area contributed by atoms with Crippen molar-refractivity contribution < 1.29 is 0 Å². The van der Waals surface area contributed by atoms with Gasteiger partial charge in [0.1, 0.15) is 0 Å². The zero-order chi connectivity index (χ0) is 11.5. The fourth-order valence-electron chi connectivity index (χ4n) is 2.28. The fraction of sp³-hybridized carbons (Fsp3) is 0.538. The van der Waals surface area contributed by atoms with Gasteiger partial charge in [0.25, 0.3) is 0 Å². The third-order valence-electron chi connectivity index (χ3n) is 3.26. The molecule has 0 spiro atoms. The van der Waals surface area contributed by atoms with Gasteiger partial charge in [0.15, 0.2) is 0 Å². The molecule has 0 saturated carbocycles. The molecular weight excluding hydrogens is 241 g/mol. The van der Waals surface area contributed by atoms with Gasteiger partial charge in [0.2, 0.25) is 0 Å². The second-order valence-corrected chi connectivity index (χ2v) is 5.23. The Balaban J connectivity index is 2.08. The van der Waals surface area contributed by atoms with Gasteiger partial charge >= 0.3 is 0 Å². The van der Waals surface area contributed by atoms with Crippen LogP contribution in [0.3, 0.4) is 0 Å². The van der Waals surface area contributed by atoms with E-state index in [4.69, 9.17) is 23.2 Å². The molecular formula is C13H17Cl2N. The maximum absolute atomic E-state index is 6.24. The quantitative estimate of drug-likeness (QED) is 0.744. The fourth-order valence-corrected chi connectivity index (χ4v) is 2.92. The molecule has 1 atom stereocenters. The molecule has 1 aromatic carbocycles. The minimum absolute atomic E-state index is 0.527. The summed E-state index contributed by atoms with van der Waals surface area (Å²) in [7, 11) is 0. The topological polar surface area (TPSA) is 3.24 Å². The van der Waals surface area contributed by atoms with Gasteiger partial charge in [-0.1, -0.05) is 23.7 Å². The van der Waals surface area contributed by atoms with Crippen LogP contribution in [0.4, 0.5) is 0 Å². The summed E-state index contributed by atoms with van der Waals surface area (Å²) in [5.41, 5.74) is 2.42. The van der Waals surface area contributed by atoms with Crippen LogP contribution in [0.15, 0.2) is 18.2 Å². The standard InChI is InChI=1S/C13H17Cl2N/c1-10-4-5-11(13(15)7-10)9-16-6-2-3-12(16)8-14/h4-5,7,12H,2-3,6,8-9H2,1H3. The summed E-state index contributed by atoms with van der Waals surface area (Å²) in [6.07, 6.45) is 2.47. The van der Waals surface area contributed by atoms with E-state index < -0.39 is 0 Å². The summed E-state index contributed by atoms with van der Waals surface area (Å²) in [6, 6.07) is 6.80. The summed E-state index contributed by atoms with van der Waals surface area (Å²) >= 11 is 12.2. The highest BCUT2D eigenvalue weighted by Crippen LogP contribution is 2.24. The van der Waals surface area contributed by atoms with Crippen molar-refractivity contribution in [2.24, 2.45) is 0 Å². The van der Waals surface area contributed by atoms with Crippen LogP contribution in [0.2, 0.25) is 5.02 Å². The lowest BCUT2D eigenvalue weighted by atomic mass is 10.1. The lowest BCUT2D eigenvalue weighted by Crippen LogP contribution is -2.30. The number of halogens is 2. The van der Waals surface area contributed by atoms with E-state index in [1.54, 1.807) is 0 Å². The van der Waals surface area contributed by atoms with Gasteiger partial charge in [-0.05, 0) is 43.5 Å². The van der Waals surface area contributed by atoms with Crippen molar-refractivity contribution in [1.82, 2.24) is 4.90 Å². The number of benzene rings is 1. The molecule has 0 radical (unpaired) electrons. The molecule has 2 rings (SSSR count). The minimum Gasteiger partial charge on any atom is -0.295 e. The molecule has 0 N–H and O–H groups in total. The average Bonchev–Trinajstić information content (AvgIpc) is 2.69. The van der Waals surface area contributed by atoms with Crippen LogP contribution in [0.1, 0.15) is 24.0 Å². The number of aryl methyl sites for hydroxylation is 1. The van der Waals surface area contributed by atoms with Crippen molar-refractivity contribution in [3.8, 4) is 0 Å². The Bertz CT molecular complexity index is 365. The lowest BCUT2D eigenvalue weighted by Gasteiger charge is -2.23. The first kappa shape index (κ1) is 12.2. The van der Waals surface area contributed by atoms with Crippen LogP contribution in [0.5, 0.6) is 0 Å². The van der Waals surface area contributed by atoms with Crippen LogP contribution in [-0.4, -0.2) is 23.4 Å². The van der Waals surface area contributed by atoms with Crippen LogP contribution >= 0.6 is 23.2 Å². The van der Waals surface area contributed by atoms with Crippen LogP contribution in [0, 0.1) is 6.92 Å². The molecule has 1 nitrogen and oxygen atoms in total. The van der Waals surface area contributed by atoms with E-state index >= 15 is 0 Å². The maximum atomic E-state index is 6.24. The van der Waals surface area contributed by atoms with E-state index in [0.717, 1.165) is 24.0 Å². The second-order valence-electron chi connectivity index (χ2n) is 4.52. The van der Waals surface area contributed by atoms with E-state index in [-0.39, 0.29) is 0 Å². The van der Waals surface area contributed by atoms with Crippen molar-refractivity contribution in [3.05, 3.63) is 34.3 Å². The van der Waals surface area contributed by atoms with Crippen molar-refractivity contribution in [3.63, 3.8) is 0 Å². The maximum Gasteiger partial charge on any atom is 0.0453 e. The van der Waals surface area contributed by atoms with Gasteiger partial charge in [-0.2, -0.15) is 0 Å². The Morgan fingerprint density at radius 3 is 2.94 bits per heavy atom. The molecule has 1 fully saturated rings. The molecule has 88 valence electrons. The first-order chi connectivity index (χ1) is 7.70. The molecule has 0 bridgehead atoms. The first-order valence-corrected chi connectivity index (χ1v) is 6.67. The van der Waals surface area contributed by atoms with E-state index in [1.165, 1.54) is 24.0 Å². The largest absolute Gasteiger partial charge is 0.295 e. The van der Waals surface area contributed by atoms with E-state index in [1.807, 2.05) is 6.07 Å². The molecule has 1 unspecified atom stereocenters. The molecule has 0 amide bonds. The minimum atomic E-state index is 0.527. The SMILES string of the molecule is Cc1ccc(CN2CCCC2CCl)c(Cl)c1. The Morgan fingerprint density at radius 2 is 2.25 bits per heavy atom. The molecule has 1 aliphatic rings. The van der Waals surface area contributed by atoms with Crippen molar-refractivity contribution in [1.29, 1.82) is 0 Å². The highest BCUT2D eigenvalue weighted by molar-refractivity contribution is 6.31. The highest BCUT2D eigenvalue weighted by atomic mass is 35.5. The molecule has 1 heterocycles. The predicted molar refractivity (Wildman–Crippen MR) is 70.3 cm³/mol. The van der Waals surface area contributed by atoms with E-state index in [9.17, 15) is 0 Å². The Kier molecular flexibility index (Phi) is 4.12. The normalized spacial score (nSPS) is 21.6. The number of hydrogen-bond donors (Lipinski definition) is 0. The summed E-state index contributed by atoms with van der Waals surface area (Å²) in [6.45, 7) is 4.13. The first-order valence-electron chi connectivity index (χ1n) is 5.75. The summed E-state index contributed by atoms with van der Waals surface area (Å²) in [5.74, 6) is 0.726. The zero-order valence-electron chi connectivity index (χ0n) is 9.55. The van der Waals surface area contributed by atoms with Crippen molar-refractivity contribution in [2.45, 2.75) is 32.4 Å². The van der Waals surface area contributed by atoms with Gasteiger partial charge in [0.05, 0.1) is 0 Å². The third kappa shape index (κ3) is 2.71. The zero-order valence-corrected chi connectivity index (χ0v) is 11.1. The van der Waals surface area contributed by atoms with Gasteiger partial charge in [0, 0.05) is 23.5 Å². The summed E-state index contributed by atoms with van der Waals surface area (Å²) in [5, 5.41) is 0.875. The molecule has 0 aromatic heterocycles. The average molecular weight is 258 g/mol. The molecule has 1 saturated heterocycles. The Hall–Kier alpha value is -0.240. The van der Waals surface area contributed by atoms with Gasteiger partial charge in [-0.15, -0.1) is 11.6 Å². The van der Waals surface area contributed by atoms with E-state index in [0.29, 0.717) is 6.04 Å². The molecule has 16 heavy (non-hydrogen) atoms. The van der Waals surface area contributed by atoms with Gasteiger partial charge in [-0.25, -0.2) is 0 Å². The third-order valence-corrected chi connectivity index (χ3v) is 3.97. The smallest absolute Gasteiger partial charge is 0.0453 e. The number of alkyl halides is 1. The highest BCUT2D eigenvalue weighted by Gasteiger charge is 2.23. The van der Waals surface area contributed by atoms with Gasteiger partial charge in [-0.3, -0.25) is 4.90 Å². The second kappa shape index (κ2) is 5.39. The number of rotatable bonds is 3. The van der Waals surface area contributed by atoms with Crippen LogP contribution in [-0.2, 0) is 6.54 Å². The summed E-state index contributed by atoms with van der Waals surface area (Å²) in [4.78, 5) is 2.43. The molecule has 1 aliphatic heterocycles. The number of nitrogens with zero attached hydrogens (tertiary/aromatic N) is 1. The molecule has 1 aromatic rings. The van der Waals surface area contributed by atoms with Crippen LogP contribution in [0.25, 0.3) is 0 Å². The predicted octanol–water partition coefficient (Wildman–Crippen LogP) is 3.85. The van der Waals surface area contributed by atoms with E-state index in [2.05, 4.69) is 24.0 Å². The van der Waals surface area contributed by atoms with Crippen LogP contribution < -0.4 is 0 Å². The summed E-state index contributed by atoms with van der Waals surface area (Å²) < 4.78 is 0. The van der Waals surface area contributed by atoms with Crippen molar-refractivity contribution in [2.75, 3.05) is 12.4 Å². The number of hydrogen-bond acceptors (Lipinski definition) is 1. The number of likely N-dealkylation sites (tertiary alicyclic amines) is 1. The lowest BCUT2D eigenvalue weighted by molar-refractivity contribution is 0.263. The van der Waals surface area contributed by atoms with Crippen molar-refractivity contribution >= 4 is 23.2 Å². The monoisotopic (exact) mass is 257 g/mol.